The highest BCUT2D eigenvalue weighted by molar-refractivity contribution is 5.92. The summed E-state index contributed by atoms with van der Waals surface area (Å²) < 4.78 is 4.94. The van der Waals surface area contributed by atoms with Gasteiger partial charge in [0.15, 0.2) is 0 Å². The largest absolute Gasteiger partial charge is 0.481 e. The number of hydrogen-bond donors (Lipinski definition) is 1. The number of hydrogen-bond acceptors (Lipinski definition) is 3. The van der Waals surface area contributed by atoms with E-state index in [1.165, 1.54) is 11.0 Å². The van der Waals surface area contributed by atoms with Crippen molar-refractivity contribution in [1.82, 2.24) is 4.90 Å². The third-order valence-electron chi connectivity index (χ3n) is 2.97. The Morgan fingerprint density at radius 1 is 1.24 bits per heavy atom. The molecular weight excluding hydrogens is 270 g/mol. The summed E-state index contributed by atoms with van der Waals surface area (Å²) in [6.45, 7) is 2.93. The number of aliphatic carboxylic acids is 1. The molecule has 1 rings (SSSR count). The van der Waals surface area contributed by atoms with Gasteiger partial charge in [0.1, 0.15) is 0 Å². The second-order valence-corrected chi connectivity index (χ2v) is 4.71. The van der Waals surface area contributed by atoms with E-state index >= 15 is 0 Å². The molecule has 21 heavy (non-hydrogen) atoms. The number of methoxy groups -OCH3 is 1. The zero-order valence-corrected chi connectivity index (χ0v) is 12.4. The highest BCUT2D eigenvalue weighted by atomic mass is 16.5. The lowest BCUT2D eigenvalue weighted by Gasteiger charge is -2.19. The van der Waals surface area contributed by atoms with Gasteiger partial charge in [0.25, 0.3) is 0 Å². The fraction of sp³-hybridized carbons (Fsp3) is 0.375. The van der Waals surface area contributed by atoms with E-state index in [0.717, 1.165) is 11.1 Å². The van der Waals surface area contributed by atoms with E-state index < -0.39 is 5.97 Å². The lowest BCUT2D eigenvalue weighted by Crippen LogP contribution is -2.34. The summed E-state index contributed by atoms with van der Waals surface area (Å²) in [5, 5.41) is 8.72. The van der Waals surface area contributed by atoms with Crippen LogP contribution in [-0.4, -0.2) is 48.7 Å². The Kier molecular flexibility index (Phi) is 7.18. The molecule has 0 saturated carbocycles. The number of carbonyl (C=O) groups excluding carboxylic acids is 1. The van der Waals surface area contributed by atoms with Crippen LogP contribution in [0.4, 0.5) is 0 Å². The molecule has 0 bridgehead atoms. The third kappa shape index (κ3) is 6.72. The number of carbonyl (C=O) groups is 2. The molecule has 0 saturated heterocycles. The van der Waals surface area contributed by atoms with Crippen LogP contribution in [0.25, 0.3) is 6.08 Å². The van der Waals surface area contributed by atoms with E-state index in [2.05, 4.69) is 0 Å². The Balaban J connectivity index is 2.65. The van der Waals surface area contributed by atoms with E-state index in [-0.39, 0.29) is 18.9 Å². The SMILES string of the molecule is COCCN(CCC(=O)O)C(=O)/C=C/c1ccc(C)cc1. The molecular formula is C16H21NO4. The maximum absolute atomic E-state index is 12.1. The predicted octanol–water partition coefficient (Wildman–Crippen LogP) is 1.96. The van der Waals surface area contributed by atoms with Gasteiger partial charge in [0.05, 0.1) is 13.0 Å². The van der Waals surface area contributed by atoms with E-state index in [0.29, 0.717) is 13.2 Å². The van der Waals surface area contributed by atoms with Crippen LogP contribution in [0.15, 0.2) is 30.3 Å². The van der Waals surface area contributed by atoms with Crippen molar-refractivity contribution in [1.29, 1.82) is 0 Å². The molecule has 0 aliphatic carbocycles. The third-order valence-corrected chi connectivity index (χ3v) is 2.97. The first kappa shape index (κ1) is 16.9. The van der Waals surface area contributed by atoms with Gasteiger partial charge >= 0.3 is 5.97 Å². The van der Waals surface area contributed by atoms with Crippen molar-refractivity contribution in [2.24, 2.45) is 0 Å². The van der Waals surface area contributed by atoms with Gasteiger partial charge in [-0.05, 0) is 18.6 Å². The Labute approximate surface area is 124 Å². The highest BCUT2D eigenvalue weighted by Gasteiger charge is 2.11. The Bertz CT molecular complexity index is 494. The average Bonchev–Trinajstić information content (AvgIpc) is 2.46. The number of rotatable bonds is 8. The average molecular weight is 291 g/mol. The zero-order chi connectivity index (χ0) is 15.7. The molecule has 1 aromatic carbocycles. The van der Waals surface area contributed by atoms with Crippen molar-refractivity contribution in [2.45, 2.75) is 13.3 Å². The number of carboxylic acids is 1. The van der Waals surface area contributed by atoms with E-state index in [9.17, 15) is 9.59 Å². The summed E-state index contributed by atoms with van der Waals surface area (Å²) >= 11 is 0. The van der Waals surface area contributed by atoms with E-state index in [1.54, 1.807) is 13.2 Å². The minimum absolute atomic E-state index is 0.0756. The van der Waals surface area contributed by atoms with Crippen LogP contribution in [0.1, 0.15) is 17.5 Å². The normalized spacial score (nSPS) is 10.8. The first-order chi connectivity index (χ1) is 10.0. The number of amides is 1. The van der Waals surface area contributed by atoms with Crippen molar-refractivity contribution in [3.8, 4) is 0 Å². The molecule has 0 spiro atoms. The molecule has 0 radical (unpaired) electrons. The number of benzene rings is 1. The first-order valence-corrected chi connectivity index (χ1v) is 6.77. The van der Waals surface area contributed by atoms with Crippen molar-refractivity contribution in [3.05, 3.63) is 41.5 Å². The van der Waals surface area contributed by atoms with Crippen molar-refractivity contribution in [2.75, 3.05) is 26.8 Å². The van der Waals surface area contributed by atoms with Gasteiger partial charge in [-0.1, -0.05) is 29.8 Å². The van der Waals surface area contributed by atoms with Crippen LogP contribution in [0.2, 0.25) is 0 Å². The van der Waals surface area contributed by atoms with Crippen molar-refractivity contribution < 1.29 is 19.4 Å². The summed E-state index contributed by atoms with van der Waals surface area (Å²) in [5.74, 6) is -1.14. The molecule has 1 amide bonds. The van der Waals surface area contributed by atoms with E-state index in [1.807, 2.05) is 31.2 Å². The highest BCUT2D eigenvalue weighted by Crippen LogP contribution is 2.06. The molecule has 0 fully saturated rings. The molecule has 0 atom stereocenters. The van der Waals surface area contributed by atoms with Gasteiger partial charge in [0.2, 0.25) is 5.91 Å². The lowest BCUT2D eigenvalue weighted by atomic mass is 10.1. The van der Waals surface area contributed by atoms with Gasteiger partial charge in [-0.3, -0.25) is 9.59 Å². The molecule has 114 valence electrons. The maximum atomic E-state index is 12.1. The second kappa shape index (κ2) is 8.92. The molecule has 0 aliphatic heterocycles. The Hall–Kier alpha value is -2.14. The zero-order valence-electron chi connectivity index (χ0n) is 12.4. The second-order valence-electron chi connectivity index (χ2n) is 4.71. The summed E-state index contributed by atoms with van der Waals surface area (Å²) in [6.07, 6.45) is 3.11. The number of nitrogens with zero attached hydrogens (tertiary/aromatic N) is 1. The summed E-state index contributed by atoms with van der Waals surface area (Å²) in [4.78, 5) is 24.2. The number of aryl methyl sites for hydroxylation is 1. The van der Waals surface area contributed by atoms with Crippen LogP contribution < -0.4 is 0 Å². The molecule has 0 heterocycles. The minimum atomic E-state index is -0.923. The topological polar surface area (TPSA) is 66.8 Å². The monoisotopic (exact) mass is 291 g/mol. The smallest absolute Gasteiger partial charge is 0.305 e. The molecule has 0 unspecified atom stereocenters. The van der Waals surface area contributed by atoms with Gasteiger partial charge in [-0.25, -0.2) is 0 Å². The van der Waals surface area contributed by atoms with Crippen LogP contribution >= 0.6 is 0 Å². The molecule has 5 nitrogen and oxygen atoms in total. The fourth-order valence-electron chi connectivity index (χ4n) is 1.71. The van der Waals surface area contributed by atoms with Gasteiger partial charge in [-0.15, -0.1) is 0 Å². The van der Waals surface area contributed by atoms with Crippen LogP contribution in [0, 0.1) is 6.92 Å². The Morgan fingerprint density at radius 3 is 2.48 bits per heavy atom. The lowest BCUT2D eigenvalue weighted by molar-refractivity contribution is -0.138. The van der Waals surface area contributed by atoms with Crippen LogP contribution in [0.5, 0.6) is 0 Å². The van der Waals surface area contributed by atoms with Crippen LogP contribution in [0.3, 0.4) is 0 Å². The molecule has 5 heteroatoms. The summed E-state index contributed by atoms with van der Waals surface area (Å²) in [5.41, 5.74) is 2.08. The van der Waals surface area contributed by atoms with Gasteiger partial charge in [-0.2, -0.15) is 0 Å². The minimum Gasteiger partial charge on any atom is -0.481 e. The molecule has 0 aromatic heterocycles. The molecule has 1 N–H and O–H groups in total. The van der Waals surface area contributed by atoms with Gasteiger partial charge in [0, 0.05) is 26.3 Å². The first-order valence-electron chi connectivity index (χ1n) is 6.77. The van der Waals surface area contributed by atoms with E-state index in [4.69, 9.17) is 9.84 Å². The number of carboxylic acid groups (broad SMARTS) is 1. The summed E-state index contributed by atoms with van der Waals surface area (Å²) in [6, 6.07) is 7.79. The van der Waals surface area contributed by atoms with Gasteiger partial charge < -0.3 is 14.7 Å². The summed E-state index contributed by atoms with van der Waals surface area (Å²) in [7, 11) is 1.54. The van der Waals surface area contributed by atoms with Crippen molar-refractivity contribution >= 4 is 18.0 Å². The maximum Gasteiger partial charge on any atom is 0.305 e. The quantitative estimate of drug-likeness (QED) is 0.743. The Morgan fingerprint density at radius 2 is 1.90 bits per heavy atom. The predicted molar refractivity (Wildman–Crippen MR) is 80.9 cm³/mol. The van der Waals surface area contributed by atoms with Crippen molar-refractivity contribution in [3.63, 3.8) is 0 Å². The molecule has 1 aromatic rings. The fourth-order valence-corrected chi connectivity index (χ4v) is 1.71. The molecule has 0 aliphatic rings. The standard InChI is InChI=1S/C16H21NO4/c1-13-3-5-14(6-4-13)7-8-15(18)17(11-12-21-2)10-9-16(19)20/h3-8H,9-12H2,1-2H3,(H,19,20)/b8-7+. The number of ether oxygens (including phenoxy) is 1. The van der Waals surface area contributed by atoms with Crippen LogP contribution in [-0.2, 0) is 14.3 Å².